The van der Waals surface area contributed by atoms with E-state index in [4.69, 9.17) is 4.74 Å². The third-order valence-corrected chi connectivity index (χ3v) is 1.94. The quantitative estimate of drug-likeness (QED) is 0.656. The van der Waals surface area contributed by atoms with Crippen molar-refractivity contribution in [2.75, 3.05) is 20.6 Å². The molecule has 0 amide bonds. The van der Waals surface area contributed by atoms with Crippen LogP contribution in [0.5, 0.6) is 0 Å². The maximum Gasteiger partial charge on any atom is 0.199 e. The minimum Gasteiger partial charge on any atom is -0.485 e. The van der Waals surface area contributed by atoms with Crippen molar-refractivity contribution in [3.05, 3.63) is 11.8 Å². The van der Waals surface area contributed by atoms with Gasteiger partial charge in [-0.25, -0.2) is 0 Å². The average molecular weight is 183 g/mol. The summed E-state index contributed by atoms with van der Waals surface area (Å²) in [5, 5.41) is 0. The lowest BCUT2D eigenvalue weighted by molar-refractivity contribution is -0.120. The van der Waals surface area contributed by atoms with Gasteiger partial charge in [-0.2, -0.15) is 0 Å². The molecule has 0 aromatic rings. The summed E-state index contributed by atoms with van der Waals surface area (Å²) < 4.78 is 5.49. The number of carbonyl (C=O) groups excluding carboxylic acids is 1. The maximum atomic E-state index is 11.3. The van der Waals surface area contributed by atoms with Crippen molar-refractivity contribution in [1.29, 1.82) is 0 Å². The Hall–Kier alpha value is -0.830. The molecule has 13 heavy (non-hydrogen) atoms. The second kappa shape index (κ2) is 4.42. The van der Waals surface area contributed by atoms with Crippen LogP contribution in [-0.2, 0) is 9.53 Å². The van der Waals surface area contributed by atoms with E-state index in [1.807, 2.05) is 19.0 Å². The van der Waals surface area contributed by atoms with Crippen molar-refractivity contribution in [3.63, 3.8) is 0 Å². The Labute approximate surface area is 79.4 Å². The van der Waals surface area contributed by atoms with Crippen molar-refractivity contribution in [2.45, 2.75) is 25.9 Å². The normalized spacial score (nSPS) is 22.0. The number of nitrogens with zero attached hydrogens (tertiary/aromatic N) is 1. The van der Waals surface area contributed by atoms with Gasteiger partial charge in [-0.15, -0.1) is 0 Å². The van der Waals surface area contributed by atoms with E-state index in [-0.39, 0.29) is 11.9 Å². The molecule has 0 spiro atoms. The highest BCUT2D eigenvalue weighted by Gasteiger charge is 2.25. The first-order chi connectivity index (χ1) is 6.13. The number of carbonyl (C=O) groups is 1. The summed E-state index contributed by atoms with van der Waals surface area (Å²) in [6.45, 7) is 2.77. The smallest absolute Gasteiger partial charge is 0.199 e. The summed E-state index contributed by atoms with van der Waals surface area (Å²) in [4.78, 5) is 13.3. The van der Waals surface area contributed by atoms with Crippen LogP contribution < -0.4 is 0 Å². The van der Waals surface area contributed by atoms with Gasteiger partial charge in [0.25, 0.3) is 0 Å². The van der Waals surface area contributed by atoms with E-state index in [1.54, 1.807) is 6.08 Å². The Morgan fingerprint density at radius 3 is 2.77 bits per heavy atom. The van der Waals surface area contributed by atoms with E-state index < -0.39 is 0 Å². The highest BCUT2D eigenvalue weighted by atomic mass is 16.5. The van der Waals surface area contributed by atoms with Gasteiger partial charge in [0.1, 0.15) is 5.76 Å². The second-order valence-electron chi connectivity index (χ2n) is 3.65. The molecule has 0 fully saturated rings. The average Bonchev–Trinajstić information content (AvgIpc) is 2.31. The first-order valence-electron chi connectivity index (χ1n) is 4.69. The standard InChI is InChI=1S/C10H17NO2/c1-4-5-10-9(12)6-8(13-10)7-11(2)3/h6,10H,4-5,7H2,1-3H3. The zero-order chi connectivity index (χ0) is 9.84. The highest BCUT2D eigenvalue weighted by Crippen LogP contribution is 2.18. The van der Waals surface area contributed by atoms with E-state index in [1.165, 1.54) is 0 Å². The Morgan fingerprint density at radius 2 is 2.23 bits per heavy atom. The van der Waals surface area contributed by atoms with Crippen LogP contribution in [0.2, 0.25) is 0 Å². The first kappa shape index (κ1) is 10.3. The van der Waals surface area contributed by atoms with Crippen molar-refractivity contribution < 1.29 is 9.53 Å². The van der Waals surface area contributed by atoms with Gasteiger partial charge >= 0.3 is 0 Å². The summed E-state index contributed by atoms with van der Waals surface area (Å²) in [6, 6.07) is 0. The molecule has 1 heterocycles. The van der Waals surface area contributed by atoms with Crippen LogP contribution in [0.4, 0.5) is 0 Å². The molecule has 1 rings (SSSR count). The van der Waals surface area contributed by atoms with Crippen molar-refractivity contribution in [2.24, 2.45) is 0 Å². The molecule has 1 aliphatic heterocycles. The van der Waals surface area contributed by atoms with E-state index in [2.05, 4.69) is 6.92 Å². The largest absolute Gasteiger partial charge is 0.485 e. The van der Waals surface area contributed by atoms with Crippen LogP contribution >= 0.6 is 0 Å². The lowest BCUT2D eigenvalue weighted by atomic mass is 10.1. The minimum absolute atomic E-state index is 0.124. The van der Waals surface area contributed by atoms with Crippen LogP contribution in [0.25, 0.3) is 0 Å². The van der Waals surface area contributed by atoms with Crippen molar-refractivity contribution in [3.8, 4) is 0 Å². The third kappa shape index (κ3) is 2.84. The fourth-order valence-electron chi connectivity index (χ4n) is 1.38. The van der Waals surface area contributed by atoms with Crippen LogP contribution in [0.15, 0.2) is 11.8 Å². The van der Waals surface area contributed by atoms with Gasteiger partial charge in [0.05, 0.1) is 6.54 Å². The molecule has 3 heteroatoms. The molecular weight excluding hydrogens is 166 g/mol. The van der Waals surface area contributed by atoms with E-state index >= 15 is 0 Å². The Bertz CT molecular complexity index is 221. The molecule has 1 aliphatic rings. The van der Waals surface area contributed by atoms with Gasteiger partial charge in [0.15, 0.2) is 11.9 Å². The molecule has 0 aliphatic carbocycles. The number of ketones is 1. The molecule has 1 unspecified atom stereocenters. The molecule has 0 aromatic heterocycles. The zero-order valence-electron chi connectivity index (χ0n) is 8.54. The summed E-state index contributed by atoms with van der Waals surface area (Å²) >= 11 is 0. The van der Waals surface area contributed by atoms with Gasteiger partial charge in [-0.3, -0.25) is 4.79 Å². The topological polar surface area (TPSA) is 29.5 Å². The van der Waals surface area contributed by atoms with E-state index in [0.29, 0.717) is 6.54 Å². The van der Waals surface area contributed by atoms with Crippen molar-refractivity contribution in [1.82, 2.24) is 4.90 Å². The van der Waals surface area contributed by atoms with Gasteiger partial charge in [0, 0.05) is 6.08 Å². The lowest BCUT2D eigenvalue weighted by Gasteiger charge is -2.13. The minimum atomic E-state index is -0.208. The van der Waals surface area contributed by atoms with Crippen LogP contribution in [0, 0.1) is 0 Å². The Morgan fingerprint density at radius 1 is 1.54 bits per heavy atom. The predicted molar refractivity (Wildman–Crippen MR) is 51.4 cm³/mol. The summed E-state index contributed by atoms with van der Waals surface area (Å²) in [7, 11) is 3.92. The van der Waals surface area contributed by atoms with Gasteiger partial charge in [-0.1, -0.05) is 13.3 Å². The fraction of sp³-hybridized carbons (Fsp3) is 0.700. The van der Waals surface area contributed by atoms with Crippen LogP contribution in [0.1, 0.15) is 19.8 Å². The number of hydrogen-bond donors (Lipinski definition) is 0. The van der Waals surface area contributed by atoms with E-state index in [9.17, 15) is 4.79 Å². The SMILES string of the molecule is CCCC1OC(CN(C)C)=CC1=O. The molecule has 0 radical (unpaired) electrons. The molecule has 0 saturated carbocycles. The lowest BCUT2D eigenvalue weighted by Crippen LogP contribution is -2.18. The number of likely N-dealkylation sites (N-methyl/N-ethyl adjacent to an activating group) is 1. The summed E-state index contributed by atoms with van der Waals surface area (Å²) in [6.07, 6.45) is 3.23. The van der Waals surface area contributed by atoms with Gasteiger partial charge in [0.2, 0.25) is 0 Å². The highest BCUT2D eigenvalue weighted by molar-refractivity contribution is 5.95. The third-order valence-electron chi connectivity index (χ3n) is 1.94. The van der Waals surface area contributed by atoms with Gasteiger partial charge in [-0.05, 0) is 20.5 Å². The predicted octanol–water partition coefficient (Wildman–Crippen LogP) is 1.20. The summed E-state index contributed by atoms with van der Waals surface area (Å²) in [5.74, 6) is 0.923. The Kier molecular flexibility index (Phi) is 3.48. The molecule has 0 aromatic carbocycles. The fourth-order valence-corrected chi connectivity index (χ4v) is 1.38. The first-order valence-corrected chi connectivity index (χ1v) is 4.69. The molecule has 0 N–H and O–H groups in total. The Balaban J connectivity index is 2.45. The molecule has 0 bridgehead atoms. The van der Waals surface area contributed by atoms with Crippen molar-refractivity contribution >= 4 is 5.78 Å². The van der Waals surface area contributed by atoms with Crippen LogP contribution in [-0.4, -0.2) is 37.4 Å². The molecule has 0 saturated heterocycles. The summed E-state index contributed by atoms with van der Waals surface area (Å²) in [5.41, 5.74) is 0. The van der Waals surface area contributed by atoms with E-state index in [0.717, 1.165) is 18.6 Å². The zero-order valence-corrected chi connectivity index (χ0v) is 8.54. The molecule has 3 nitrogen and oxygen atoms in total. The molecule has 1 atom stereocenters. The molecular formula is C10H17NO2. The molecule has 74 valence electrons. The monoisotopic (exact) mass is 183 g/mol. The number of hydrogen-bond acceptors (Lipinski definition) is 3. The number of ether oxygens (including phenoxy) is 1. The van der Waals surface area contributed by atoms with Gasteiger partial charge < -0.3 is 9.64 Å². The second-order valence-corrected chi connectivity index (χ2v) is 3.65. The number of rotatable bonds is 4. The maximum absolute atomic E-state index is 11.3. The van der Waals surface area contributed by atoms with Crippen LogP contribution in [0.3, 0.4) is 0 Å².